The largest absolute Gasteiger partial charge is 0.348 e. The van der Waals surface area contributed by atoms with Gasteiger partial charge in [-0.25, -0.2) is 4.68 Å². The van der Waals surface area contributed by atoms with Crippen molar-refractivity contribution in [1.82, 2.24) is 15.1 Å². The molecule has 1 N–H and O–H groups in total. The summed E-state index contributed by atoms with van der Waals surface area (Å²) in [5, 5.41) is 7.40. The molecular weight excluding hydrogens is 326 g/mol. The third kappa shape index (κ3) is 3.43. The van der Waals surface area contributed by atoms with Crippen molar-refractivity contribution in [3.05, 3.63) is 64.1 Å². The molecule has 2 aliphatic carbocycles. The van der Waals surface area contributed by atoms with Gasteiger partial charge in [0, 0.05) is 12.1 Å². The van der Waals surface area contributed by atoms with Crippen LogP contribution < -0.4 is 10.9 Å². The fourth-order valence-corrected chi connectivity index (χ4v) is 4.73. The zero-order valence-electron chi connectivity index (χ0n) is 15.1. The molecule has 0 unspecified atom stereocenters. The summed E-state index contributed by atoms with van der Waals surface area (Å²) in [4.78, 5) is 24.7. The number of aromatic nitrogens is 2. The normalized spacial score (nSPS) is 25.2. The van der Waals surface area contributed by atoms with Crippen LogP contribution in [0.4, 0.5) is 0 Å². The highest BCUT2D eigenvalue weighted by Gasteiger charge is 2.42. The Hall–Kier alpha value is -2.43. The molecule has 2 aromatic rings. The monoisotopic (exact) mass is 351 g/mol. The van der Waals surface area contributed by atoms with E-state index in [2.05, 4.69) is 17.3 Å². The van der Waals surface area contributed by atoms with Crippen LogP contribution in [0.1, 0.15) is 48.7 Å². The van der Waals surface area contributed by atoms with E-state index in [0.717, 1.165) is 17.4 Å². The van der Waals surface area contributed by atoms with Crippen LogP contribution in [-0.2, 0) is 6.54 Å². The lowest BCUT2D eigenvalue weighted by Crippen LogP contribution is -2.41. The summed E-state index contributed by atoms with van der Waals surface area (Å²) in [6.07, 6.45) is 5.21. The first-order valence-electron chi connectivity index (χ1n) is 9.53. The second-order valence-electron chi connectivity index (χ2n) is 7.80. The molecule has 2 aliphatic rings. The standard InChI is InChI=1S/C21H25N3O2/c1-14(18-12-16-7-8-17(18)11-16)22-21(26)19-9-10-20(25)24(23-19)13-15-5-3-2-4-6-15/h2-6,9-10,14,16-18H,7-8,11-13H2,1H3,(H,22,26)/t14-,16+,17+,18-/m1/s1. The van der Waals surface area contributed by atoms with Crippen molar-refractivity contribution in [2.24, 2.45) is 17.8 Å². The van der Waals surface area contributed by atoms with Gasteiger partial charge in [0.15, 0.2) is 0 Å². The lowest BCUT2D eigenvalue weighted by molar-refractivity contribution is 0.0907. The molecule has 4 rings (SSSR count). The quantitative estimate of drug-likeness (QED) is 0.901. The molecule has 2 fully saturated rings. The van der Waals surface area contributed by atoms with E-state index in [0.29, 0.717) is 18.2 Å². The average molecular weight is 351 g/mol. The molecule has 1 aromatic heterocycles. The van der Waals surface area contributed by atoms with Gasteiger partial charge in [-0.2, -0.15) is 5.10 Å². The van der Waals surface area contributed by atoms with Crippen molar-refractivity contribution < 1.29 is 4.79 Å². The number of nitrogens with zero attached hydrogens (tertiary/aromatic N) is 2. The zero-order valence-corrected chi connectivity index (χ0v) is 15.1. The van der Waals surface area contributed by atoms with Gasteiger partial charge < -0.3 is 5.32 Å². The Morgan fingerprint density at radius 1 is 1.19 bits per heavy atom. The maximum atomic E-state index is 12.6. The molecule has 2 saturated carbocycles. The van der Waals surface area contributed by atoms with Gasteiger partial charge >= 0.3 is 0 Å². The van der Waals surface area contributed by atoms with Gasteiger partial charge in [-0.1, -0.05) is 36.8 Å². The molecule has 5 nitrogen and oxygen atoms in total. The van der Waals surface area contributed by atoms with E-state index >= 15 is 0 Å². The summed E-state index contributed by atoms with van der Waals surface area (Å²) < 4.78 is 1.35. The Morgan fingerprint density at radius 3 is 2.69 bits per heavy atom. The van der Waals surface area contributed by atoms with Crippen molar-refractivity contribution >= 4 is 5.91 Å². The predicted octanol–water partition coefficient (Wildman–Crippen LogP) is 2.85. The number of carbonyl (C=O) groups is 1. The van der Waals surface area contributed by atoms with E-state index in [4.69, 9.17) is 0 Å². The summed E-state index contributed by atoms with van der Waals surface area (Å²) in [6, 6.07) is 12.8. The second-order valence-corrected chi connectivity index (χ2v) is 7.80. The lowest BCUT2D eigenvalue weighted by Gasteiger charge is -2.28. The number of carbonyl (C=O) groups excluding carboxylic acids is 1. The van der Waals surface area contributed by atoms with Crippen LogP contribution in [0.3, 0.4) is 0 Å². The fraction of sp³-hybridized carbons (Fsp3) is 0.476. The first-order valence-corrected chi connectivity index (χ1v) is 9.53. The highest BCUT2D eigenvalue weighted by atomic mass is 16.2. The lowest BCUT2D eigenvalue weighted by atomic mass is 9.84. The van der Waals surface area contributed by atoms with E-state index in [1.165, 1.54) is 42.5 Å². The molecule has 5 heteroatoms. The minimum atomic E-state index is -0.202. The number of hydrogen-bond acceptors (Lipinski definition) is 3. The smallest absolute Gasteiger partial charge is 0.271 e. The Morgan fingerprint density at radius 2 is 2.00 bits per heavy atom. The average Bonchev–Trinajstić information content (AvgIpc) is 3.28. The van der Waals surface area contributed by atoms with Crippen LogP contribution in [0.15, 0.2) is 47.3 Å². The summed E-state index contributed by atoms with van der Waals surface area (Å²) in [6.45, 7) is 2.46. The van der Waals surface area contributed by atoms with Crippen molar-refractivity contribution in [1.29, 1.82) is 0 Å². The maximum absolute atomic E-state index is 12.6. The number of nitrogens with one attached hydrogen (secondary N) is 1. The topological polar surface area (TPSA) is 64.0 Å². The predicted molar refractivity (Wildman–Crippen MR) is 99.9 cm³/mol. The number of benzene rings is 1. The summed E-state index contributed by atoms with van der Waals surface area (Å²) in [7, 11) is 0. The Kier molecular flexibility index (Phi) is 4.62. The van der Waals surface area contributed by atoms with E-state index in [1.54, 1.807) is 0 Å². The van der Waals surface area contributed by atoms with Gasteiger partial charge in [-0.3, -0.25) is 9.59 Å². The molecule has 136 valence electrons. The number of amides is 1. The highest BCUT2D eigenvalue weighted by Crippen LogP contribution is 2.49. The van der Waals surface area contributed by atoms with Gasteiger partial charge in [-0.15, -0.1) is 0 Å². The van der Waals surface area contributed by atoms with Crippen molar-refractivity contribution in [2.45, 2.75) is 45.2 Å². The minimum absolute atomic E-state index is 0.147. The van der Waals surface area contributed by atoms with Crippen LogP contribution in [0, 0.1) is 17.8 Å². The fourth-order valence-electron chi connectivity index (χ4n) is 4.73. The molecular formula is C21H25N3O2. The van der Waals surface area contributed by atoms with E-state index in [9.17, 15) is 9.59 Å². The molecule has 1 heterocycles. The second kappa shape index (κ2) is 7.06. The van der Waals surface area contributed by atoms with Crippen LogP contribution in [0.25, 0.3) is 0 Å². The molecule has 4 atom stereocenters. The molecule has 2 bridgehead atoms. The van der Waals surface area contributed by atoms with Gasteiger partial charge in [0.25, 0.3) is 11.5 Å². The summed E-state index contributed by atoms with van der Waals surface area (Å²) in [5.74, 6) is 2.00. The molecule has 26 heavy (non-hydrogen) atoms. The minimum Gasteiger partial charge on any atom is -0.348 e. The maximum Gasteiger partial charge on any atom is 0.271 e. The molecule has 0 spiro atoms. The van der Waals surface area contributed by atoms with Crippen LogP contribution in [0.2, 0.25) is 0 Å². The Balaban J connectivity index is 1.46. The zero-order chi connectivity index (χ0) is 18.1. The van der Waals surface area contributed by atoms with Crippen LogP contribution >= 0.6 is 0 Å². The molecule has 1 aromatic carbocycles. The Labute approximate surface area is 153 Å². The summed E-state index contributed by atoms with van der Waals surface area (Å²) in [5.41, 5.74) is 1.08. The van der Waals surface area contributed by atoms with Gasteiger partial charge in [0.1, 0.15) is 5.69 Å². The van der Waals surface area contributed by atoms with Crippen molar-refractivity contribution in [2.75, 3.05) is 0 Å². The molecule has 0 radical (unpaired) electrons. The molecule has 0 saturated heterocycles. The first-order chi connectivity index (χ1) is 12.6. The SMILES string of the molecule is C[C@@H](NC(=O)c1ccc(=O)n(Cc2ccccc2)n1)[C@H]1C[C@H]2CC[C@H]1C2. The first kappa shape index (κ1) is 17.0. The summed E-state index contributed by atoms with van der Waals surface area (Å²) >= 11 is 0. The Bertz CT molecular complexity index is 846. The van der Waals surface area contributed by atoms with Crippen LogP contribution in [0.5, 0.6) is 0 Å². The van der Waals surface area contributed by atoms with Crippen molar-refractivity contribution in [3.8, 4) is 0 Å². The van der Waals surface area contributed by atoms with Gasteiger partial charge in [-0.05, 0) is 55.6 Å². The number of fused-ring (bicyclic) bond motifs is 2. The van der Waals surface area contributed by atoms with Gasteiger partial charge in [0.2, 0.25) is 0 Å². The van der Waals surface area contributed by atoms with Crippen LogP contribution in [-0.4, -0.2) is 21.7 Å². The highest BCUT2D eigenvalue weighted by molar-refractivity contribution is 5.92. The number of hydrogen-bond donors (Lipinski definition) is 1. The van der Waals surface area contributed by atoms with Gasteiger partial charge in [0.05, 0.1) is 6.54 Å². The van der Waals surface area contributed by atoms with Crippen molar-refractivity contribution in [3.63, 3.8) is 0 Å². The van der Waals surface area contributed by atoms with E-state index in [-0.39, 0.29) is 17.5 Å². The van der Waals surface area contributed by atoms with E-state index < -0.39 is 0 Å². The molecule has 0 aliphatic heterocycles. The van der Waals surface area contributed by atoms with E-state index in [1.807, 2.05) is 30.3 Å². The third-order valence-electron chi connectivity index (χ3n) is 6.07. The molecule has 1 amide bonds. The third-order valence-corrected chi connectivity index (χ3v) is 6.07. The number of rotatable bonds is 5.